The highest BCUT2D eigenvalue weighted by Crippen LogP contribution is 2.38. The summed E-state index contributed by atoms with van der Waals surface area (Å²) >= 11 is 0. The van der Waals surface area contributed by atoms with Gasteiger partial charge in [0.2, 0.25) is 5.91 Å². The van der Waals surface area contributed by atoms with Crippen molar-refractivity contribution in [1.29, 1.82) is 0 Å². The summed E-state index contributed by atoms with van der Waals surface area (Å²) in [7, 11) is 2.07. The van der Waals surface area contributed by atoms with Crippen molar-refractivity contribution in [1.82, 2.24) is 14.8 Å². The van der Waals surface area contributed by atoms with E-state index in [-0.39, 0.29) is 23.8 Å². The number of nitrogens with zero attached hydrogens (tertiary/aromatic N) is 3. The Bertz CT molecular complexity index is 611. The van der Waals surface area contributed by atoms with Crippen molar-refractivity contribution in [3.05, 3.63) is 30.1 Å². The van der Waals surface area contributed by atoms with E-state index in [2.05, 4.69) is 16.9 Å². The van der Waals surface area contributed by atoms with Crippen molar-refractivity contribution in [3.8, 4) is 0 Å². The van der Waals surface area contributed by atoms with E-state index in [1.165, 1.54) is 0 Å². The number of aromatic nitrogens is 1. The maximum atomic E-state index is 13.1. The van der Waals surface area contributed by atoms with Gasteiger partial charge in [0.25, 0.3) is 0 Å². The summed E-state index contributed by atoms with van der Waals surface area (Å²) < 4.78 is 0. The van der Waals surface area contributed by atoms with E-state index in [0.717, 1.165) is 31.6 Å². The molecule has 0 radical (unpaired) electrons. The van der Waals surface area contributed by atoms with Crippen LogP contribution in [0.2, 0.25) is 0 Å². The molecular weight excluding hydrogens is 306 g/mol. The largest absolute Gasteiger partial charge is 0.481 e. The molecule has 2 aliphatic heterocycles. The fraction of sp³-hybridized carbons (Fsp3) is 0.611. The van der Waals surface area contributed by atoms with Crippen LogP contribution in [-0.2, 0) is 9.59 Å². The van der Waals surface area contributed by atoms with Crippen molar-refractivity contribution in [2.75, 3.05) is 33.2 Å². The lowest BCUT2D eigenvalue weighted by Crippen LogP contribution is -2.47. The van der Waals surface area contributed by atoms with E-state index >= 15 is 0 Å². The summed E-state index contributed by atoms with van der Waals surface area (Å²) in [4.78, 5) is 33.1. The minimum absolute atomic E-state index is 0.0975. The zero-order chi connectivity index (χ0) is 17.3. The first-order valence-electron chi connectivity index (χ1n) is 8.52. The number of hydrogen-bond donors (Lipinski definition) is 1. The first-order chi connectivity index (χ1) is 11.4. The van der Waals surface area contributed by atoms with Gasteiger partial charge in [0.1, 0.15) is 0 Å². The lowest BCUT2D eigenvalue weighted by Gasteiger charge is -2.39. The molecule has 6 nitrogen and oxygen atoms in total. The van der Waals surface area contributed by atoms with Crippen molar-refractivity contribution in [2.24, 2.45) is 11.3 Å². The van der Waals surface area contributed by atoms with Gasteiger partial charge < -0.3 is 14.9 Å². The first kappa shape index (κ1) is 16.9. The maximum absolute atomic E-state index is 13.1. The number of aliphatic carboxylic acids is 1. The van der Waals surface area contributed by atoms with Crippen LogP contribution in [0.3, 0.4) is 0 Å². The minimum Gasteiger partial charge on any atom is -0.481 e. The number of pyridine rings is 1. The predicted octanol–water partition coefficient (Wildman–Crippen LogP) is 1.44. The van der Waals surface area contributed by atoms with E-state index in [9.17, 15) is 14.7 Å². The maximum Gasteiger partial charge on any atom is 0.309 e. The fourth-order valence-electron chi connectivity index (χ4n) is 3.82. The predicted molar refractivity (Wildman–Crippen MR) is 89.5 cm³/mol. The Morgan fingerprint density at radius 2 is 1.96 bits per heavy atom. The average molecular weight is 331 g/mol. The zero-order valence-electron chi connectivity index (χ0n) is 14.3. The quantitative estimate of drug-likeness (QED) is 0.907. The topological polar surface area (TPSA) is 73.7 Å². The molecule has 2 saturated heterocycles. The second-order valence-corrected chi connectivity index (χ2v) is 7.38. The van der Waals surface area contributed by atoms with Crippen LogP contribution in [0.5, 0.6) is 0 Å². The number of carbonyl (C=O) groups is 2. The number of likely N-dealkylation sites (tertiary alicyclic amines) is 2. The number of piperidine rings is 1. The number of carboxylic acid groups (broad SMARTS) is 1. The molecule has 1 amide bonds. The Morgan fingerprint density at radius 1 is 1.25 bits per heavy atom. The van der Waals surface area contributed by atoms with E-state index in [1.54, 1.807) is 11.1 Å². The Kier molecular flexibility index (Phi) is 4.58. The molecule has 130 valence electrons. The normalized spacial score (nSPS) is 27.2. The van der Waals surface area contributed by atoms with Gasteiger partial charge in [0.05, 0.1) is 5.92 Å². The molecule has 2 atom stereocenters. The van der Waals surface area contributed by atoms with Gasteiger partial charge in [-0.05, 0) is 45.1 Å². The van der Waals surface area contributed by atoms with E-state index in [0.29, 0.717) is 6.54 Å². The minimum atomic E-state index is -0.852. The van der Waals surface area contributed by atoms with Gasteiger partial charge in [-0.3, -0.25) is 14.6 Å². The van der Waals surface area contributed by atoms with Crippen LogP contribution in [-0.4, -0.2) is 65.0 Å². The summed E-state index contributed by atoms with van der Waals surface area (Å²) in [6.45, 7) is 4.55. The Morgan fingerprint density at radius 3 is 2.54 bits per heavy atom. The SMILES string of the molecule is CN1CCC(C)(C(=O)N2C[C@@H](C(=O)O)[C@H](c3ccccn3)C2)CC1. The third-order valence-electron chi connectivity index (χ3n) is 5.60. The lowest BCUT2D eigenvalue weighted by molar-refractivity contribution is -0.144. The molecular formula is C18H25N3O3. The summed E-state index contributed by atoms with van der Waals surface area (Å²) in [6.07, 6.45) is 3.33. The fourth-order valence-corrected chi connectivity index (χ4v) is 3.82. The van der Waals surface area contributed by atoms with Gasteiger partial charge >= 0.3 is 5.97 Å². The van der Waals surface area contributed by atoms with Crippen molar-refractivity contribution >= 4 is 11.9 Å². The smallest absolute Gasteiger partial charge is 0.309 e. The van der Waals surface area contributed by atoms with Crippen LogP contribution in [0.25, 0.3) is 0 Å². The second-order valence-electron chi connectivity index (χ2n) is 7.38. The third-order valence-corrected chi connectivity index (χ3v) is 5.60. The number of carbonyl (C=O) groups excluding carboxylic acids is 1. The number of rotatable bonds is 3. The van der Waals surface area contributed by atoms with Crippen LogP contribution >= 0.6 is 0 Å². The molecule has 3 rings (SSSR count). The molecule has 0 unspecified atom stereocenters. The van der Waals surface area contributed by atoms with Crippen molar-refractivity contribution < 1.29 is 14.7 Å². The summed E-state index contributed by atoms with van der Waals surface area (Å²) in [5, 5.41) is 9.58. The monoisotopic (exact) mass is 331 g/mol. The average Bonchev–Trinajstić information content (AvgIpc) is 3.03. The van der Waals surface area contributed by atoms with Gasteiger partial charge in [-0.25, -0.2) is 0 Å². The molecule has 0 spiro atoms. The molecule has 1 aromatic heterocycles. The van der Waals surface area contributed by atoms with E-state index < -0.39 is 11.9 Å². The van der Waals surface area contributed by atoms with Gasteiger partial charge in [0, 0.05) is 36.3 Å². The molecule has 24 heavy (non-hydrogen) atoms. The number of carboxylic acids is 1. The van der Waals surface area contributed by atoms with Gasteiger partial charge in [-0.2, -0.15) is 0 Å². The molecule has 1 N–H and O–H groups in total. The lowest BCUT2D eigenvalue weighted by atomic mass is 9.79. The Hall–Kier alpha value is -1.95. The Labute approximate surface area is 142 Å². The van der Waals surface area contributed by atoms with E-state index in [1.807, 2.05) is 25.1 Å². The molecule has 2 aliphatic rings. The molecule has 0 bridgehead atoms. The van der Waals surface area contributed by atoms with Crippen LogP contribution in [0.1, 0.15) is 31.4 Å². The van der Waals surface area contributed by atoms with Gasteiger partial charge in [-0.15, -0.1) is 0 Å². The highest BCUT2D eigenvalue weighted by molar-refractivity contribution is 5.84. The molecule has 0 aliphatic carbocycles. The van der Waals surface area contributed by atoms with Crippen molar-refractivity contribution in [2.45, 2.75) is 25.7 Å². The second kappa shape index (κ2) is 6.51. The van der Waals surface area contributed by atoms with Crippen LogP contribution in [0.15, 0.2) is 24.4 Å². The van der Waals surface area contributed by atoms with E-state index in [4.69, 9.17) is 0 Å². The highest BCUT2D eigenvalue weighted by Gasteiger charge is 2.46. The highest BCUT2D eigenvalue weighted by atomic mass is 16.4. The van der Waals surface area contributed by atoms with Crippen LogP contribution in [0.4, 0.5) is 0 Å². The van der Waals surface area contributed by atoms with Crippen molar-refractivity contribution in [3.63, 3.8) is 0 Å². The van der Waals surface area contributed by atoms with Gasteiger partial charge in [-0.1, -0.05) is 13.0 Å². The first-order valence-corrected chi connectivity index (χ1v) is 8.52. The number of hydrogen-bond acceptors (Lipinski definition) is 4. The molecule has 2 fully saturated rings. The number of amides is 1. The van der Waals surface area contributed by atoms with Gasteiger partial charge in [0.15, 0.2) is 0 Å². The molecule has 3 heterocycles. The summed E-state index contributed by atoms with van der Waals surface area (Å²) in [6, 6.07) is 5.53. The molecule has 0 aromatic carbocycles. The molecule has 0 saturated carbocycles. The standard InChI is InChI=1S/C18H25N3O3/c1-18(6-9-20(2)10-7-18)17(24)21-11-13(14(12-21)16(22)23)15-5-3-4-8-19-15/h3-5,8,13-14H,6-7,9-12H2,1-2H3,(H,22,23)/t13-,14-/m1/s1. The summed E-state index contributed by atoms with van der Waals surface area (Å²) in [5.41, 5.74) is 0.378. The molecule has 1 aromatic rings. The van der Waals surface area contributed by atoms with Crippen LogP contribution < -0.4 is 0 Å². The Balaban J connectivity index is 1.78. The zero-order valence-corrected chi connectivity index (χ0v) is 14.3. The summed E-state index contributed by atoms with van der Waals surface area (Å²) in [5.74, 6) is -1.57. The molecule has 6 heteroatoms. The van der Waals surface area contributed by atoms with Crippen LogP contribution in [0, 0.1) is 11.3 Å². The third kappa shape index (κ3) is 3.15.